The molecular formula is C8H10N2O2. The Hall–Kier alpha value is -1.55. The summed E-state index contributed by atoms with van der Waals surface area (Å²) in [7, 11) is 0. The summed E-state index contributed by atoms with van der Waals surface area (Å²) in [5.41, 5.74) is 8.67. The van der Waals surface area contributed by atoms with Crippen molar-refractivity contribution >= 4 is 11.6 Å². The van der Waals surface area contributed by atoms with Gasteiger partial charge in [0.2, 0.25) is 0 Å². The van der Waals surface area contributed by atoms with E-state index in [0.717, 1.165) is 5.56 Å². The average molecular weight is 166 g/mol. The van der Waals surface area contributed by atoms with Gasteiger partial charge in [-0.2, -0.15) is 0 Å². The van der Waals surface area contributed by atoms with E-state index in [1.807, 2.05) is 0 Å². The number of nitrogens with two attached hydrogens (primary N) is 1. The second-order valence-electron chi connectivity index (χ2n) is 2.52. The van der Waals surface area contributed by atoms with Crippen LogP contribution in [0.1, 0.15) is 15.9 Å². The number of carbonyl (C=O) groups is 1. The van der Waals surface area contributed by atoms with E-state index in [-0.39, 0.29) is 0 Å². The fraction of sp³-hybridized carbons (Fsp3) is 0.125. The van der Waals surface area contributed by atoms with Gasteiger partial charge in [0, 0.05) is 11.3 Å². The molecule has 1 rings (SSSR count). The van der Waals surface area contributed by atoms with E-state index in [4.69, 9.17) is 10.9 Å². The van der Waals surface area contributed by atoms with Crippen molar-refractivity contribution in [1.29, 1.82) is 0 Å². The molecule has 0 aliphatic carbocycles. The zero-order valence-corrected chi connectivity index (χ0v) is 6.66. The Morgan fingerprint density at radius 3 is 2.83 bits per heavy atom. The second-order valence-corrected chi connectivity index (χ2v) is 2.52. The van der Waals surface area contributed by atoms with Crippen molar-refractivity contribution in [1.82, 2.24) is 5.48 Å². The van der Waals surface area contributed by atoms with E-state index in [1.165, 1.54) is 6.07 Å². The lowest BCUT2D eigenvalue weighted by Gasteiger charge is -2.03. The van der Waals surface area contributed by atoms with E-state index >= 15 is 0 Å². The zero-order valence-electron chi connectivity index (χ0n) is 6.66. The van der Waals surface area contributed by atoms with Crippen molar-refractivity contribution in [3.8, 4) is 0 Å². The molecule has 0 radical (unpaired) electrons. The van der Waals surface area contributed by atoms with E-state index in [9.17, 15) is 4.79 Å². The number of hydroxylamine groups is 1. The van der Waals surface area contributed by atoms with Gasteiger partial charge in [0.25, 0.3) is 5.91 Å². The molecule has 0 fully saturated rings. The van der Waals surface area contributed by atoms with Crippen LogP contribution in [0.5, 0.6) is 0 Å². The molecule has 0 aromatic heterocycles. The van der Waals surface area contributed by atoms with Crippen LogP contribution in [0.25, 0.3) is 0 Å². The molecule has 1 aromatic rings. The minimum Gasteiger partial charge on any atom is -0.399 e. The van der Waals surface area contributed by atoms with Gasteiger partial charge in [0.1, 0.15) is 0 Å². The topological polar surface area (TPSA) is 75.4 Å². The molecule has 0 atom stereocenters. The fourth-order valence-corrected chi connectivity index (χ4v) is 0.944. The molecule has 0 saturated heterocycles. The summed E-state index contributed by atoms with van der Waals surface area (Å²) >= 11 is 0. The molecule has 0 aliphatic heterocycles. The Morgan fingerprint density at radius 1 is 1.58 bits per heavy atom. The summed E-state index contributed by atoms with van der Waals surface area (Å²) in [6.07, 6.45) is 0. The number of anilines is 1. The third kappa shape index (κ3) is 1.54. The second kappa shape index (κ2) is 3.23. The van der Waals surface area contributed by atoms with Gasteiger partial charge in [-0.25, -0.2) is 5.48 Å². The van der Waals surface area contributed by atoms with E-state index in [2.05, 4.69) is 0 Å². The number of rotatable bonds is 1. The number of hydrogen-bond acceptors (Lipinski definition) is 3. The lowest BCUT2D eigenvalue weighted by atomic mass is 10.1. The zero-order chi connectivity index (χ0) is 9.14. The van der Waals surface area contributed by atoms with Gasteiger partial charge in [-0.15, -0.1) is 0 Å². The SMILES string of the molecule is Cc1ccc(N)cc1C(=O)NO. The van der Waals surface area contributed by atoms with Gasteiger partial charge < -0.3 is 5.73 Å². The minimum absolute atomic E-state index is 0.387. The summed E-state index contributed by atoms with van der Waals surface area (Å²) < 4.78 is 0. The normalized spacial score (nSPS) is 9.50. The number of nitrogen functional groups attached to an aromatic ring is 1. The van der Waals surface area contributed by atoms with Gasteiger partial charge in [-0.3, -0.25) is 10.0 Å². The maximum absolute atomic E-state index is 11.0. The first-order chi connectivity index (χ1) is 5.65. The van der Waals surface area contributed by atoms with Crippen LogP contribution in [0.15, 0.2) is 18.2 Å². The Labute approximate surface area is 70.0 Å². The molecule has 0 heterocycles. The van der Waals surface area contributed by atoms with E-state index in [0.29, 0.717) is 11.3 Å². The molecule has 12 heavy (non-hydrogen) atoms. The monoisotopic (exact) mass is 166 g/mol. The first-order valence-corrected chi connectivity index (χ1v) is 3.45. The maximum atomic E-state index is 11.0. The molecule has 0 bridgehead atoms. The molecule has 0 unspecified atom stereocenters. The maximum Gasteiger partial charge on any atom is 0.274 e. The minimum atomic E-state index is -0.542. The van der Waals surface area contributed by atoms with Crippen molar-refractivity contribution < 1.29 is 10.0 Å². The van der Waals surface area contributed by atoms with Crippen LogP contribution in [0, 0.1) is 6.92 Å². The largest absolute Gasteiger partial charge is 0.399 e. The van der Waals surface area contributed by atoms with E-state index < -0.39 is 5.91 Å². The van der Waals surface area contributed by atoms with Gasteiger partial charge in [0.05, 0.1) is 0 Å². The number of carbonyl (C=O) groups excluding carboxylic acids is 1. The Balaban J connectivity index is 3.13. The summed E-state index contributed by atoms with van der Waals surface area (Å²) in [6, 6.07) is 4.93. The van der Waals surface area contributed by atoms with E-state index in [1.54, 1.807) is 24.5 Å². The van der Waals surface area contributed by atoms with Crippen LogP contribution in [0.2, 0.25) is 0 Å². The molecule has 0 saturated carbocycles. The molecule has 0 spiro atoms. The average Bonchev–Trinajstić information content (AvgIpc) is 2.08. The Bertz CT molecular complexity index is 310. The van der Waals surface area contributed by atoms with Gasteiger partial charge in [0.15, 0.2) is 0 Å². The van der Waals surface area contributed by atoms with Crippen LogP contribution >= 0.6 is 0 Å². The quantitative estimate of drug-likeness (QED) is 0.326. The van der Waals surface area contributed by atoms with Crippen molar-refractivity contribution in [2.24, 2.45) is 0 Å². The molecule has 4 heteroatoms. The molecule has 64 valence electrons. The lowest BCUT2D eigenvalue weighted by molar-refractivity contribution is 0.0705. The molecule has 4 N–H and O–H groups in total. The van der Waals surface area contributed by atoms with Crippen molar-refractivity contribution in [3.05, 3.63) is 29.3 Å². The van der Waals surface area contributed by atoms with Crippen molar-refractivity contribution in [3.63, 3.8) is 0 Å². The highest BCUT2D eigenvalue weighted by Gasteiger charge is 2.06. The summed E-state index contributed by atoms with van der Waals surface area (Å²) in [5.74, 6) is -0.542. The molecular weight excluding hydrogens is 156 g/mol. The molecule has 1 aromatic carbocycles. The summed E-state index contributed by atoms with van der Waals surface area (Å²) in [6.45, 7) is 1.77. The van der Waals surface area contributed by atoms with Gasteiger partial charge in [-0.05, 0) is 24.6 Å². The molecule has 0 aliphatic rings. The third-order valence-electron chi connectivity index (χ3n) is 1.61. The van der Waals surface area contributed by atoms with Gasteiger partial charge >= 0.3 is 0 Å². The van der Waals surface area contributed by atoms with Crippen LogP contribution in [0.4, 0.5) is 5.69 Å². The van der Waals surface area contributed by atoms with Crippen LogP contribution < -0.4 is 11.2 Å². The third-order valence-corrected chi connectivity index (χ3v) is 1.61. The van der Waals surface area contributed by atoms with Crippen LogP contribution in [-0.2, 0) is 0 Å². The van der Waals surface area contributed by atoms with Crippen molar-refractivity contribution in [2.45, 2.75) is 6.92 Å². The predicted molar refractivity (Wildman–Crippen MR) is 44.8 cm³/mol. The summed E-state index contributed by atoms with van der Waals surface area (Å²) in [5, 5.41) is 8.36. The first-order valence-electron chi connectivity index (χ1n) is 3.45. The number of benzene rings is 1. The number of hydrogen-bond donors (Lipinski definition) is 3. The standard InChI is InChI=1S/C8H10N2O2/c1-5-2-3-6(9)4-7(5)8(11)10-12/h2-4,12H,9H2,1H3,(H,10,11). The smallest absolute Gasteiger partial charge is 0.274 e. The number of amides is 1. The highest BCUT2D eigenvalue weighted by atomic mass is 16.5. The molecule has 1 amide bonds. The lowest BCUT2D eigenvalue weighted by Crippen LogP contribution is -2.19. The predicted octanol–water partition coefficient (Wildman–Crippen LogP) is 0.696. The highest BCUT2D eigenvalue weighted by Crippen LogP contribution is 2.11. The number of nitrogens with one attached hydrogen (secondary N) is 1. The molecule has 4 nitrogen and oxygen atoms in total. The van der Waals surface area contributed by atoms with Crippen molar-refractivity contribution in [2.75, 3.05) is 5.73 Å². The first kappa shape index (κ1) is 8.55. The Morgan fingerprint density at radius 2 is 2.25 bits per heavy atom. The fourth-order valence-electron chi connectivity index (χ4n) is 0.944. The number of aryl methyl sites for hydroxylation is 1. The van der Waals surface area contributed by atoms with Gasteiger partial charge in [-0.1, -0.05) is 6.07 Å². The Kier molecular flexibility index (Phi) is 2.30. The van der Waals surface area contributed by atoms with Crippen LogP contribution in [0.3, 0.4) is 0 Å². The highest BCUT2D eigenvalue weighted by molar-refractivity contribution is 5.95. The van der Waals surface area contributed by atoms with Crippen LogP contribution in [-0.4, -0.2) is 11.1 Å². The summed E-state index contributed by atoms with van der Waals surface area (Å²) in [4.78, 5) is 11.0.